The molecule has 0 atom stereocenters. The molecule has 0 saturated heterocycles. The Morgan fingerprint density at radius 3 is 2.48 bits per heavy atom. The third-order valence-corrected chi connectivity index (χ3v) is 4.33. The summed E-state index contributed by atoms with van der Waals surface area (Å²) in [6.45, 7) is 0. The molecule has 0 aliphatic rings. The Bertz CT molecular complexity index is 1090. The first-order valence-electron chi connectivity index (χ1n) is 7.68. The maximum Gasteiger partial charge on any atom is 0.262 e. The minimum atomic E-state index is -0.227. The van der Waals surface area contributed by atoms with E-state index >= 15 is 0 Å². The zero-order chi connectivity index (χ0) is 17.2. The third kappa shape index (κ3) is 3.16. The summed E-state index contributed by atoms with van der Waals surface area (Å²) < 4.78 is 0.982. The predicted molar refractivity (Wildman–Crippen MR) is 103 cm³/mol. The molecule has 4 aromatic rings. The van der Waals surface area contributed by atoms with Gasteiger partial charge in [-0.3, -0.25) is 9.78 Å². The number of anilines is 2. The first kappa shape index (κ1) is 15.5. The largest absolute Gasteiger partial charge is 0.326 e. The summed E-state index contributed by atoms with van der Waals surface area (Å²) in [4.78, 5) is 24.2. The van der Waals surface area contributed by atoms with Gasteiger partial charge < -0.3 is 5.32 Å². The smallest absolute Gasteiger partial charge is 0.262 e. The summed E-state index contributed by atoms with van der Waals surface area (Å²) in [7, 11) is 0. The van der Waals surface area contributed by atoms with Crippen LogP contribution in [-0.2, 0) is 0 Å². The number of pyridine rings is 1. The molecule has 0 radical (unpaired) electrons. The normalized spacial score (nSPS) is 10.8. The number of benzene rings is 2. The lowest BCUT2D eigenvalue weighted by atomic mass is 10.0. The summed E-state index contributed by atoms with van der Waals surface area (Å²) in [6.07, 6.45) is 1.67. The Balaban J connectivity index is 1.83. The third-order valence-electron chi connectivity index (χ3n) is 3.80. The van der Waals surface area contributed by atoms with Gasteiger partial charge in [-0.1, -0.05) is 46.3 Å². The minimum Gasteiger partial charge on any atom is -0.326 e. The van der Waals surface area contributed by atoms with E-state index in [0.717, 1.165) is 21.3 Å². The van der Waals surface area contributed by atoms with Crippen molar-refractivity contribution in [3.63, 3.8) is 0 Å². The Labute approximate surface area is 151 Å². The lowest BCUT2D eigenvalue weighted by Crippen LogP contribution is -2.13. The molecule has 2 N–H and O–H groups in total. The Kier molecular flexibility index (Phi) is 4.03. The van der Waals surface area contributed by atoms with E-state index in [1.54, 1.807) is 6.20 Å². The van der Waals surface area contributed by atoms with Gasteiger partial charge in [-0.15, -0.1) is 0 Å². The van der Waals surface area contributed by atoms with Crippen LogP contribution in [0.15, 0.2) is 76.1 Å². The van der Waals surface area contributed by atoms with Gasteiger partial charge in [0.25, 0.3) is 5.56 Å². The maximum atomic E-state index is 12.7. The highest BCUT2D eigenvalue weighted by Gasteiger charge is 2.11. The minimum absolute atomic E-state index is 0.227. The van der Waals surface area contributed by atoms with Crippen molar-refractivity contribution in [2.75, 3.05) is 5.32 Å². The summed E-state index contributed by atoms with van der Waals surface area (Å²) in [5.74, 6) is 0.365. The number of fused-ring (bicyclic) bond motifs is 1. The predicted octanol–water partition coefficient (Wildman–Crippen LogP) is 4.49. The zero-order valence-corrected chi connectivity index (χ0v) is 14.6. The quantitative estimate of drug-likeness (QED) is 0.538. The fourth-order valence-corrected chi connectivity index (χ4v) is 2.92. The summed E-state index contributed by atoms with van der Waals surface area (Å²) >= 11 is 3.42. The van der Waals surface area contributed by atoms with E-state index in [0.29, 0.717) is 17.0 Å². The lowest BCUT2D eigenvalue weighted by molar-refractivity contribution is 1.14. The molecule has 0 unspecified atom stereocenters. The topological polar surface area (TPSA) is 70.7 Å². The second-order valence-electron chi connectivity index (χ2n) is 5.47. The van der Waals surface area contributed by atoms with Crippen LogP contribution < -0.4 is 10.9 Å². The first-order valence-corrected chi connectivity index (χ1v) is 8.47. The molecule has 0 spiro atoms. The van der Waals surface area contributed by atoms with Gasteiger partial charge in [0.05, 0.1) is 5.39 Å². The second-order valence-corrected chi connectivity index (χ2v) is 6.39. The van der Waals surface area contributed by atoms with Crippen molar-refractivity contribution in [2.45, 2.75) is 0 Å². The number of nitrogens with zero attached hydrogens (tertiary/aromatic N) is 2. The number of aromatic nitrogens is 3. The number of nitrogens with one attached hydrogen (secondary N) is 2. The fourth-order valence-electron chi connectivity index (χ4n) is 2.65. The highest BCUT2D eigenvalue weighted by atomic mass is 79.9. The molecule has 0 fully saturated rings. The van der Waals surface area contributed by atoms with E-state index in [1.807, 2.05) is 60.7 Å². The van der Waals surface area contributed by atoms with Crippen LogP contribution in [0.25, 0.3) is 22.2 Å². The molecule has 4 rings (SSSR count). The average Bonchev–Trinajstić information content (AvgIpc) is 2.63. The number of H-pyrrole nitrogens is 1. The number of hydrogen-bond donors (Lipinski definition) is 2. The summed E-state index contributed by atoms with van der Waals surface area (Å²) in [5, 5.41) is 3.57. The molecule has 2 heterocycles. The highest BCUT2D eigenvalue weighted by Crippen LogP contribution is 2.26. The molecule has 0 saturated carbocycles. The molecular formula is C19H13BrN4O. The van der Waals surface area contributed by atoms with Crippen LogP contribution in [0, 0.1) is 0 Å². The highest BCUT2D eigenvalue weighted by molar-refractivity contribution is 9.10. The van der Waals surface area contributed by atoms with E-state index in [1.165, 1.54) is 0 Å². The van der Waals surface area contributed by atoms with Crippen LogP contribution in [-0.4, -0.2) is 15.0 Å². The lowest BCUT2D eigenvalue weighted by Gasteiger charge is -2.08. The van der Waals surface area contributed by atoms with Crippen LogP contribution in [0.2, 0.25) is 0 Å². The molecule has 2 aromatic carbocycles. The van der Waals surface area contributed by atoms with Crippen molar-refractivity contribution in [3.8, 4) is 11.1 Å². The van der Waals surface area contributed by atoms with E-state index < -0.39 is 0 Å². The van der Waals surface area contributed by atoms with E-state index in [9.17, 15) is 4.79 Å². The van der Waals surface area contributed by atoms with Crippen molar-refractivity contribution in [1.82, 2.24) is 15.0 Å². The summed E-state index contributed by atoms with van der Waals surface area (Å²) in [5.41, 5.74) is 2.76. The van der Waals surface area contributed by atoms with E-state index in [4.69, 9.17) is 0 Å². The van der Waals surface area contributed by atoms with Crippen molar-refractivity contribution >= 4 is 38.6 Å². The number of rotatable bonds is 3. The van der Waals surface area contributed by atoms with Crippen molar-refractivity contribution in [1.29, 1.82) is 0 Å². The molecule has 25 heavy (non-hydrogen) atoms. The molecule has 0 aliphatic heterocycles. The van der Waals surface area contributed by atoms with Gasteiger partial charge in [-0.2, -0.15) is 4.98 Å². The number of halogens is 1. The van der Waals surface area contributed by atoms with Gasteiger partial charge in [0.1, 0.15) is 0 Å². The van der Waals surface area contributed by atoms with Crippen LogP contribution in [0.4, 0.5) is 11.6 Å². The average molecular weight is 393 g/mol. The Morgan fingerprint density at radius 2 is 1.72 bits per heavy atom. The zero-order valence-electron chi connectivity index (χ0n) is 13.0. The molecule has 0 aliphatic carbocycles. The molecule has 2 aromatic heterocycles. The van der Waals surface area contributed by atoms with Crippen LogP contribution in [0.3, 0.4) is 0 Å². The molecule has 0 amide bonds. The molecule has 0 bridgehead atoms. The number of hydrogen-bond acceptors (Lipinski definition) is 4. The molecule has 5 nitrogen and oxygen atoms in total. The van der Waals surface area contributed by atoms with Gasteiger partial charge in [0, 0.05) is 16.4 Å². The van der Waals surface area contributed by atoms with Crippen LogP contribution in [0.5, 0.6) is 0 Å². The van der Waals surface area contributed by atoms with Gasteiger partial charge in [0.2, 0.25) is 5.95 Å². The summed E-state index contributed by atoms with van der Waals surface area (Å²) in [6, 6.07) is 19.1. The van der Waals surface area contributed by atoms with E-state index in [-0.39, 0.29) is 5.56 Å². The van der Waals surface area contributed by atoms with Crippen molar-refractivity contribution in [3.05, 3.63) is 81.7 Å². The van der Waals surface area contributed by atoms with E-state index in [2.05, 4.69) is 36.2 Å². The SMILES string of the molecule is O=c1[nH]c(Nc2ccccc2)nc2nccc(-c3ccc(Br)cc3)c12. The molecular weight excluding hydrogens is 380 g/mol. The van der Waals surface area contributed by atoms with Gasteiger partial charge in [0.15, 0.2) is 5.65 Å². The van der Waals surface area contributed by atoms with Crippen LogP contribution in [0.1, 0.15) is 0 Å². The standard InChI is InChI=1S/C19H13BrN4O/c20-13-8-6-12(7-9-13)15-10-11-21-17-16(15)18(25)24-19(23-17)22-14-4-2-1-3-5-14/h1-11H,(H2,21,22,23,24,25). The first-order chi connectivity index (χ1) is 12.2. The van der Waals surface area contributed by atoms with Crippen LogP contribution >= 0.6 is 15.9 Å². The van der Waals surface area contributed by atoms with Crippen molar-refractivity contribution < 1.29 is 0 Å². The maximum absolute atomic E-state index is 12.7. The molecule has 6 heteroatoms. The van der Waals surface area contributed by atoms with Gasteiger partial charge in [-0.25, -0.2) is 4.98 Å². The monoisotopic (exact) mass is 392 g/mol. The van der Waals surface area contributed by atoms with Crippen molar-refractivity contribution in [2.24, 2.45) is 0 Å². The Hall–Kier alpha value is -2.99. The Morgan fingerprint density at radius 1 is 0.960 bits per heavy atom. The second kappa shape index (κ2) is 6.49. The number of aromatic amines is 1. The fraction of sp³-hybridized carbons (Fsp3) is 0. The molecule has 122 valence electrons. The van der Waals surface area contributed by atoms with Gasteiger partial charge >= 0.3 is 0 Å². The van der Waals surface area contributed by atoms with Gasteiger partial charge in [-0.05, 0) is 41.5 Å². The number of para-hydroxylation sites is 1.